The summed E-state index contributed by atoms with van der Waals surface area (Å²) in [6.07, 6.45) is 5.18. The van der Waals surface area contributed by atoms with Gasteiger partial charge >= 0.3 is 0 Å². The highest BCUT2D eigenvalue weighted by Crippen LogP contribution is 2.22. The molecular weight excluding hydrogens is 344 g/mol. The van der Waals surface area contributed by atoms with Crippen LogP contribution in [-0.2, 0) is 14.1 Å². The number of carbonyl (C=O) groups is 1. The van der Waals surface area contributed by atoms with Crippen molar-refractivity contribution in [2.45, 2.75) is 0 Å². The van der Waals surface area contributed by atoms with Crippen molar-refractivity contribution in [3.8, 4) is 11.4 Å². The van der Waals surface area contributed by atoms with Gasteiger partial charge in [-0.3, -0.25) is 14.2 Å². The molecule has 4 rings (SSSR count). The molecule has 0 aliphatic carbocycles. The molecule has 3 aromatic rings. The molecule has 140 valence electrons. The first-order valence-electron chi connectivity index (χ1n) is 8.87. The number of nitrogens with zero attached hydrogens (tertiary/aromatic N) is 6. The van der Waals surface area contributed by atoms with Gasteiger partial charge in [0.25, 0.3) is 5.91 Å². The standard InChI is InChI=1S/C18H22N8O/c1-24-12-14(17(23-24)15-5-6-21-25(15)2)18(27)22-16-4-3-13(11-20-16)26-9-7-19-8-10-26/h3-6,11-12,19H,7-10H2,1-2H3,(H,20,22,27). The number of aromatic nitrogens is 5. The predicted molar refractivity (Wildman–Crippen MR) is 103 cm³/mol. The lowest BCUT2D eigenvalue weighted by molar-refractivity contribution is 0.102. The fraction of sp³-hybridized carbons (Fsp3) is 0.333. The molecule has 2 N–H and O–H groups in total. The highest BCUT2D eigenvalue weighted by molar-refractivity contribution is 6.07. The van der Waals surface area contributed by atoms with Gasteiger partial charge in [0.2, 0.25) is 0 Å². The molecule has 0 bridgehead atoms. The van der Waals surface area contributed by atoms with Crippen molar-refractivity contribution in [3.63, 3.8) is 0 Å². The van der Waals surface area contributed by atoms with Crippen LogP contribution in [0.3, 0.4) is 0 Å². The van der Waals surface area contributed by atoms with Gasteiger partial charge in [-0.05, 0) is 18.2 Å². The molecule has 0 unspecified atom stereocenters. The Bertz CT molecular complexity index is 937. The molecule has 0 radical (unpaired) electrons. The van der Waals surface area contributed by atoms with E-state index < -0.39 is 0 Å². The Morgan fingerprint density at radius 1 is 1.19 bits per heavy atom. The third-order valence-electron chi connectivity index (χ3n) is 4.61. The molecule has 3 aromatic heterocycles. The summed E-state index contributed by atoms with van der Waals surface area (Å²) in [6, 6.07) is 5.65. The molecular formula is C18H22N8O. The molecule has 0 spiro atoms. The van der Waals surface area contributed by atoms with Crippen LogP contribution in [-0.4, -0.2) is 56.6 Å². The predicted octanol–water partition coefficient (Wildman–Crippen LogP) is 0.877. The summed E-state index contributed by atoms with van der Waals surface area (Å²) < 4.78 is 3.32. The van der Waals surface area contributed by atoms with E-state index in [1.165, 1.54) is 0 Å². The van der Waals surface area contributed by atoms with Gasteiger partial charge in [-0.25, -0.2) is 4.98 Å². The number of amides is 1. The number of rotatable bonds is 4. The normalized spacial score (nSPS) is 14.4. The number of hydrogen-bond donors (Lipinski definition) is 2. The molecule has 1 amide bonds. The number of carbonyl (C=O) groups excluding carboxylic acids is 1. The minimum absolute atomic E-state index is 0.248. The Morgan fingerprint density at radius 3 is 2.67 bits per heavy atom. The van der Waals surface area contributed by atoms with Crippen LogP contribution in [0.4, 0.5) is 11.5 Å². The third kappa shape index (κ3) is 3.54. The van der Waals surface area contributed by atoms with Crippen molar-refractivity contribution in [1.29, 1.82) is 0 Å². The maximum absolute atomic E-state index is 12.8. The monoisotopic (exact) mass is 366 g/mol. The number of aryl methyl sites for hydroxylation is 2. The zero-order valence-corrected chi connectivity index (χ0v) is 15.4. The highest BCUT2D eigenvalue weighted by Gasteiger charge is 2.20. The molecule has 1 aliphatic heterocycles. The van der Waals surface area contributed by atoms with Crippen LogP contribution in [0.15, 0.2) is 36.8 Å². The summed E-state index contributed by atoms with van der Waals surface area (Å²) in [5, 5.41) is 14.8. The van der Waals surface area contributed by atoms with E-state index in [0.29, 0.717) is 17.1 Å². The van der Waals surface area contributed by atoms with Gasteiger partial charge in [-0.2, -0.15) is 10.2 Å². The van der Waals surface area contributed by atoms with Crippen molar-refractivity contribution < 1.29 is 4.79 Å². The smallest absolute Gasteiger partial charge is 0.260 e. The second-order valence-corrected chi connectivity index (χ2v) is 6.50. The molecule has 9 nitrogen and oxygen atoms in total. The Labute approximate surface area is 157 Å². The van der Waals surface area contributed by atoms with Crippen molar-refractivity contribution in [2.75, 3.05) is 36.4 Å². The van der Waals surface area contributed by atoms with Crippen molar-refractivity contribution >= 4 is 17.4 Å². The van der Waals surface area contributed by atoms with E-state index in [1.54, 1.807) is 35.0 Å². The number of anilines is 2. The lowest BCUT2D eigenvalue weighted by atomic mass is 10.2. The fourth-order valence-electron chi connectivity index (χ4n) is 3.20. The molecule has 0 atom stereocenters. The van der Waals surface area contributed by atoms with Crippen LogP contribution in [0.2, 0.25) is 0 Å². The van der Waals surface area contributed by atoms with E-state index in [4.69, 9.17) is 0 Å². The van der Waals surface area contributed by atoms with E-state index in [-0.39, 0.29) is 5.91 Å². The average Bonchev–Trinajstić information content (AvgIpc) is 3.28. The van der Waals surface area contributed by atoms with Crippen LogP contribution in [0, 0.1) is 0 Å². The summed E-state index contributed by atoms with van der Waals surface area (Å²) in [4.78, 5) is 19.5. The number of hydrogen-bond acceptors (Lipinski definition) is 6. The van der Waals surface area contributed by atoms with Crippen LogP contribution in [0.25, 0.3) is 11.4 Å². The minimum Gasteiger partial charge on any atom is -0.368 e. The zero-order valence-electron chi connectivity index (χ0n) is 15.4. The lowest BCUT2D eigenvalue weighted by Crippen LogP contribution is -2.43. The summed E-state index contributed by atoms with van der Waals surface area (Å²) in [7, 11) is 3.61. The number of pyridine rings is 1. The lowest BCUT2D eigenvalue weighted by Gasteiger charge is -2.29. The first-order chi connectivity index (χ1) is 13.1. The Morgan fingerprint density at radius 2 is 2.00 bits per heavy atom. The summed E-state index contributed by atoms with van der Waals surface area (Å²) in [5.74, 6) is 0.264. The average molecular weight is 366 g/mol. The van der Waals surface area contributed by atoms with Crippen molar-refractivity contribution in [1.82, 2.24) is 29.9 Å². The number of nitrogens with one attached hydrogen (secondary N) is 2. The molecule has 9 heteroatoms. The maximum atomic E-state index is 12.8. The van der Waals surface area contributed by atoms with E-state index in [9.17, 15) is 4.79 Å². The van der Waals surface area contributed by atoms with E-state index in [0.717, 1.165) is 37.6 Å². The van der Waals surface area contributed by atoms with Gasteiger partial charge in [0.1, 0.15) is 11.5 Å². The Balaban J connectivity index is 1.52. The third-order valence-corrected chi connectivity index (χ3v) is 4.61. The molecule has 1 saturated heterocycles. The van der Waals surface area contributed by atoms with Gasteiger partial charge in [0.05, 0.1) is 23.1 Å². The molecule has 0 aromatic carbocycles. The van der Waals surface area contributed by atoms with Crippen LogP contribution in [0.5, 0.6) is 0 Å². The van der Waals surface area contributed by atoms with Gasteiger partial charge in [0, 0.05) is 52.7 Å². The first-order valence-corrected chi connectivity index (χ1v) is 8.87. The van der Waals surface area contributed by atoms with Gasteiger partial charge in [-0.1, -0.05) is 0 Å². The van der Waals surface area contributed by atoms with Crippen LogP contribution >= 0.6 is 0 Å². The molecule has 1 aliphatic rings. The van der Waals surface area contributed by atoms with Crippen LogP contribution in [0.1, 0.15) is 10.4 Å². The molecule has 1 fully saturated rings. The van der Waals surface area contributed by atoms with Gasteiger partial charge < -0.3 is 15.5 Å². The SMILES string of the molecule is Cn1cc(C(=O)Nc2ccc(N3CCNCC3)cn2)c(-c2ccnn2C)n1. The maximum Gasteiger partial charge on any atom is 0.260 e. The molecule has 0 saturated carbocycles. The first kappa shape index (κ1) is 17.2. The second kappa shape index (κ2) is 7.20. The fourth-order valence-corrected chi connectivity index (χ4v) is 3.20. The summed E-state index contributed by atoms with van der Waals surface area (Å²) >= 11 is 0. The van der Waals surface area contributed by atoms with Gasteiger partial charge in [0.15, 0.2) is 0 Å². The van der Waals surface area contributed by atoms with Gasteiger partial charge in [-0.15, -0.1) is 0 Å². The number of piperazine rings is 1. The quantitative estimate of drug-likeness (QED) is 0.712. The Hall–Kier alpha value is -3.20. The highest BCUT2D eigenvalue weighted by atomic mass is 16.1. The van der Waals surface area contributed by atoms with E-state index in [2.05, 4.69) is 30.7 Å². The van der Waals surface area contributed by atoms with E-state index >= 15 is 0 Å². The Kier molecular flexibility index (Phi) is 4.59. The van der Waals surface area contributed by atoms with Crippen molar-refractivity contribution in [3.05, 3.63) is 42.4 Å². The second-order valence-electron chi connectivity index (χ2n) is 6.50. The topological polar surface area (TPSA) is 92.9 Å². The molecule has 27 heavy (non-hydrogen) atoms. The zero-order chi connectivity index (χ0) is 18.8. The van der Waals surface area contributed by atoms with Crippen molar-refractivity contribution in [2.24, 2.45) is 14.1 Å². The largest absolute Gasteiger partial charge is 0.368 e. The van der Waals surface area contributed by atoms with Crippen LogP contribution < -0.4 is 15.5 Å². The minimum atomic E-state index is -0.248. The van der Waals surface area contributed by atoms with E-state index in [1.807, 2.05) is 25.2 Å². The summed E-state index contributed by atoms with van der Waals surface area (Å²) in [5.41, 5.74) is 2.91. The summed E-state index contributed by atoms with van der Waals surface area (Å²) in [6.45, 7) is 3.85. The molecule has 4 heterocycles.